The summed E-state index contributed by atoms with van der Waals surface area (Å²) in [7, 11) is 2.75. The van der Waals surface area contributed by atoms with Gasteiger partial charge in [0, 0.05) is 12.4 Å². The molecule has 140 valence electrons. The summed E-state index contributed by atoms with van der Waals surface area (Å²) < 4.78 is 11.4. The van der Waals surface area contributed by atoms with Crippen molar-refractivity contribution in [2.45, 2.75) is 12.5 Å². The monoisotopic (exact) mass is 371 g/mol. The first-order valence-corrected chi connectivity index (χ1v) is 7.98. The van der Waals surface area contributed by atoms with E-state index in [1.54, 1.807) is 24.3 Å². The summed E-state index contributed by atoms with van der Waals surface area (Å²) in [6, 6.07) is 6.22. The number of hydrogen-bond donors (Lipinski definition) is 2. The van der Waals surface area contributed by atoms with Gasteiger partial charge in [0.1, 0.15) is 17.0 Å². The molecule has 0 radical (unpaired) electrons. The van der Waals surface area contributed by atoms with Crippen LogP contribution < -0.4 is 10.3 Å². The number of ether oxygens (including phenoxy) is 2. The van der Waals surface area contributed by atoms with Crippen molar-refractivity contribution in [3.63, 3.8) is 0 Å². The number of benzene rings is 1. The topological polar surface area (TPSA) is 124 Å². The molecule has 0 bridgehead atoms. The van der Waals surface area contributed by atoms with E-state index in [1.165, 1.54) is 31.2 Å². The molecule has 2 heterocycles. The highest BCUT2D eigenvalue weighted by Gasteiger charge is 2.25. The van der Waals surface area contributed by atoms with E-state index in [9.17, 15) is 19.5 Å². The van der Waals surface area contributed by atoms with E-state index in [-0.39, 0.29) is 23.2 Å². The number of hydrogen-bond acceptors (Lipinski definition) is 6. The van der Waals surface area contributed by atoms with Gasteiger partial charge in [0.05, 0.1) is 32.2 Å². The first kappa shape index (κ1) is 18.2. The second-order valence-electron chi connectivity index (χ2n) is 5.81. The third-order valence-corrected chi connectivity index (χ3v) is 4.21. The van der Waals surface area contributed by atoms with Gasteiger partial charge in [0.2, 0.25) is 0 Å². The van der Waals surface area contributed by atoms with Gasteiger partial charge < -0.3 is 19.1 Å². The summed E-state index contributed by atoms with van der Waals surface area (Å²) in [4.78, 5) is 35.6. The van der Waals surface area contributed by atoms with Crippen molar-refractivity contribution >= 4 is 11.9 Å². The number of rotatable bonds is 6. The Morgan fingerprint density at radius 3 is 2.52 bits per heavy atom. The zero-order valence-electron chi connectivity index (χ0n) is 14.6. The SMILES string of the molecule is COC(=O)c1cn([C@@H](CC(=O)O)c2ccc(OC)cc2)cc2c(=O)[nH]nc1-2. The lowest BCUT2D eigenvalue weighted by Gasteiger charge is -2.21. The molecule has 2 N–H and O–H groups in total. The average Bonchev–Trinajstić information content (AvgIpc) is 3.05. The molecule has 9 heteroatoms. The zero-order chi connectivity index (χ0) is 19.6. The predicted molar refractivity (Wildman–Crippen MR) is 94.2 cm³/mol. The van der Waals surface area contributed by atoms with Crippen LogP contribution in [0.2, 0.25) is 0 Å². The van der Waals surface area contributed by atoms with Crippen molar-refractivity contribution in [2.24, 2.45) is 0 Å². The molecule has 0 saturated carbocycles. The number of aliphatic carboxylic acids is 1. The van der Waals surface area contributed by atoms with Crippen molar-refractivity contribution in [1.29, 1.82) is 0 Å². The van der Waals surface area contributed by atoms with Crippen LogP contribution in [0.5, 0.6) is 5.75 Å². The van der Waals surface area contributed by atoms with Gasteiger partial charge >= 0.3 is 11.9 Å². The van der Waals surface area contributed by atoms with E-state index in [1.807, 2.05) is 0 Å². The number of fused-ring (bicyclic) bond motifs is 1. The summed E-state index contributed by atoms with van der Waals surface area (Å²) in [6.07, 6.45) is 2.66. The van der Waals surface area contributed by atoms with Gasteiger partial charge in [-0.15, -0.1) is 0 Å². The minimum absolute atomic E-state index is 0.0669. The molecule has 0 aromatic heterocycles. The highest BCUT2D eigenvalue weighted by molar-refractivity contribution is 5.96. The third-order valence-electron chi connectivity index (χ3n) is 4.21. The number of carbonyl (C=O) groups is 2. The Balaban J connectivity index is 2.18. The molecule has 0 fully saturated rings. The first-order valence-electron chi connectivity index (χ1n) is 7.98. The number of nitrogens with zero attached hydrogens (tertiary/aromatic N) is 2. The lowest BCUT2D eigenvalue weighted by Crippen LogP contribution is -2.19. The largest absolute Gasteiger partial charge is 0.497 e. The quantitative estimate of drug-likeness (QED) is 0.630. The van der Waals surface area contributed by atoms with Crippen LogP contribution in [0.1, 0.15) is 28.4 Å². The second kappa shape index (κ2) is 7.32. The molecule has 0 saturated heterocycles. The Morgan fingerprint density at radius 2 is 1.93 bits per heavy atom. The molecule has 0 spiro atoms. The standard InChI is InChI=1S/C18H17N3O6/c1-26-11-5-3-10(4-6-11)14(7-15(22)23)21-8-12-16(19-20-17(12)24)13(9-21)18(25)27-2/h3-6,8-9,14H,7H2,1-2H3,(H,20,24)(H,22,23)/t14-/m0/s1. The van der Waals surface area contributed by atoms with Crippen LogP contribution >= 0.6 is 0 Å². The van der Waals surface area contributed by atoms with Crippen molar-refractivity contribution in [3.05, 3.63) is 58.1 Å². The van der Waals surface area contributed by atoms with Crippen LogP contribution in [0.3, 0.4) is 0 Å². The smallest absolute Gasteiger partial charge is 0.341 e. The summed E-state index contributed by atoms with van der Waals surface area (Å²) in [5.74, 6) is -1.08. The van der Waals surface area contributed by atoms with E-state index in [2.05, 4.69) is 10.2 Å². The van der Waals surface area contributed by atoms with Crippen molar-refractivity contribution < 1.29 is 24.2 Å². The molecule has 1 aromatic carbocycles. The second-order valence-corrected chi connectivity index (χ2v) is 5.81. The van der Waals surface area contributed by atoms with Crippen molar-refractivity contribution in [1.82, 2.24) is 14.8 Å². The van der Waals surface area contributed by atoms with Crippen LogP contribution in [0.15, 0.2) is 41.5 Å². The number of aromatic nitrogens is 3. The van der Waals surface area contributed by atoms with E-state index in [4.69, 9.17) is 9.47 Å². The summed E-state index contributed by atoms with van der Waals surface area (Å²) in [5.41, 5.74) is 0.605. The minimum Gasteiger partial charge on any atom is -0.497 e. The highest BCUT2D eigenvalue weighted by Crippen LogP contribution is 2.28. The molecule has 0 amide bonds. The maximum Gasteiger partial charge on any atom is 0.341 e. The van der Waals surface area contributed by atoms with Crippen LogP contribution in [0.25, 0.3) is 11.3 Å². The highest BCUT2D eigenvalue weighted by atomic mass is 16.5. The van der Waals surface area contributed by atoms with Gasteiger partial charge in [-0.25, -0.2) is 9.89 Å². The van der Waals surface area contributed by atoms with Crippen LogP contribution in [-0.4, -0.2) is 46.0 Å². The van der Waals surface area contributed by atoms with Crippen molar-refractivity contribution in [3.8, 4) is 17.0 Å². The summed E-state index contributed by atoms with van der Waals surface area (Å²) in [5, 5.41) is 15.5. The number of esters is 1. The lowest BCUT2D eigenvalue weighted by atomic mass is 10.0. The molecular formula is C18H17N3O6. The number of methoxy groups -OCH3 is 2. The van der Waals surface area contributed by atoms with Crippen molar-refractivity contribution in [2.75, 3.05) is 14.2 Å². The molecule has 27 heavy (non-hydrogen) atoms. The van der Waals surface area contributed by atoms with Crippen LogP contribution in [-0.2, 0) is 9.53 Å². The molecule has 2 aliphatic heterocycles. The Kier molecular flexibility index (Phi) is 4.93. The Morgan fingerprint density at radius 1 is 1.22 bits per heavy atom. The molecule has 1 atom stereocenters. The van der Waals surface area contributed by atoms with Crippen LogP contribution in [0.4, 0.5) is 0 Å². The normalized spacial score (nSPS) is 11.9. The van der Waals surface area contributed by atoms with E-state index in [0.717, 1.165) is 0 Å². The van der Waals surface area contributed by atoms with Gasteiger partial charge in [-0.3, -0.25) is 9.59 Å². The molecule has 1 aromatic rings. The Labute approximate surface area is 153 Å². The number of carbonyl (C=O) groups excluding carboxylic acids is 1. The molecular weight excluding hydrogens is 354 g/mol. The van der Waals surface area contributed by atoms with E-state index >= 15 is 0 Å². The van der Waals surface area contributed by atoms with Gasteiger partial charge in [0.25, 0.3) is 5.56 Å². The number of aromatic amines is 1. The van der Waals surface area contributed by atoms with Gasteiger partial charge in [-0.2, -0.15) is 5.10 Å². The molecule has 2 aliphatic rings. The Hall–Kier alpha value is -3.62. The fourth-order valence-electron chi connectivity index (χ4n) is 2.88. The maximum absolute atomic E-state index is 12.1. The molecule has 3 rings (SSSR count). The number of pyridine rings is 1. The fourth-order valence-corrected chi connectivity index (χ4v) is 2.88. The van der Waals surface area contributed by atoms with Gasteiger partial charge in [0.15, 0.2) is 0 Å². The van der Waals surface area contributed by atoms with Gasteiger partial charge in [-0.05, 0) is 17.7 Å². The zero-order valence-corrected chi connectivity index (χ0v) is 14.6. The van der Waals surface area contributed by atoms with Crippen LogP contribution in [0, 0.1) is 0 Å². The molecule has 0 aliphatic carbocycles. The number of nitrogens with one attached hydrogen (secondary N) is 1. The van der Waals surface area contributed by atoms with E-state index in [0.29, 0.717) is 11.3 Å². The Bertz CT molecular complexity index is 1000. The van der Waals surface area contributed by atoms with E-state index < -0.39 is 23.5 Å². The average molecular weight is 371 g/mol. The third kappa shape index (κ3) is 3.52. The molecule has 9 nitrogen and oxygen atoms in total. The number of H-pyrrole nitrogens is 1. The first-order chi connectivity index (χ1) is 12.9. The summed E-state index contributed by atoms with van der Waals surface area (Å²) >= 11 is 0. The molecule has 0 unspecified atom stereocenters. The maximum atomic E-state index is 12.1. The fraction of sp³-hybridized carbons (Fsp3) is 0.222. The number of carboxylic acid groups (broad SMARTS) is 1. The number of carboxylic acids is 1. The lowest BCUT2D eigenvalue weighted by molar-refractivity contribution is -0.137. The minimum atomic E-state index is -1.03. The predicted octanol–water partition coefficient (Wildman–Crippen LogP) is 1.54. The van der Waals surface area contributed by atoms with Gasteiger partial charge in [-0.1, -0.05) is 12.1 Å². The summed E-state index contributed by atoms with van der Waals surface area (Å²) in [6.45, 7) is 0.